The highest BCUT2D eigenvalue weighted by atomic mass is 16.7. The molecule has 0 atom stereocenters. The number of carbonyl (C=O) groups is 1. The Bertz CT molecular complexity index is 236. The van der Waals surface area contributed by atoms with E-state index in [1.54, 1.807) is 5.43 Å². The maximum absolute atomic E-state index is 11.1. The van der Waals surface area contributed by atoms with Crippen molar-refractivity contribution in [3.8, 4) is 0 Å². The zero-order chi connectivity index (χ0) is 10.6. The molecule has 80 valence electrons. The summed E-state index contributed by atoms with van der Waals surface area (Å²) in [5, 5.41) is 11.8. The van der Waals surface area contributed by atoms with E-state index in [9.17, 15) is 14.9 Å². The molecule has 2 N–H and O–H groups in total. The first-order valence-electron chi connectivity index (χ1n) is 4.75. The Hall–Kier alpha value is -1.33. The highest BCUT2D eigenvalue weighted by Crippen LogP contribution is 2.27. The van der Waals surface area contributed by atoms with E-state index in [0.29, 0.717) is 0 Å². The Morgan fingerprint density at radius 2 is 1.93 bits per heavy atom. The normalized spacial score (nSPS) is 19.8. The SMILES string of the molecule is CC1(NC(=O)N[N+](=O)[O-])CCCCC1. The quantitative estimate of drug-likeness (QED) is 0.520. The lowest BCUT2D eigenvalue weighted by Gasteiger charge is -2.33. The number of amides is 2. The number of hydrogen-bond acceptors (Lipinski definition) is 3. The van der Waals surface area contributed by atoms with Gasteiger partial charge in [0.2, 0.25) is 0 Å². The predicted molar refractivity (Wildman–Crippen MR) is 50.2 cm³/mol. The molecule has 0 aromatic heterocycles. The predicted octanol–water partition coefficient (Wildman–Crippen LogP) is 1.20. The topological polar surface area (TPSA) is 84.3 Å². The Labute approximate surface area is 82.2 Å². The summed E-state index contributed by atoms with van der Waals surface area (Å²) in [5.74, 6) is 0. The van der Waals surface area contributed by atoms with Crippen LogP contribution in [0.5, 0.6) is 0 Å². The zero-order valence-corrected chi connectivity index (χ0v) is 8.21. The van der Waals surface area contributed by atoms with Crippen LogP contribution in [0.3, 0.4) is 0 Å². The highest BCUT2D eigenvalue weighted by Gasteiger charge is 2.29. The van der Waals surface area contributed by atoms with Crippen LogP contribution in [0, 0.1) is 10.1 Å². The molecule has 0 unspecified atom stereocenters. The molecule has 0 bridgehead atoms. The van der Waals surface area contributed by atoms with E-state index in [4.69, 9.17) is 0 Å². The number of nitrogens with zero attached hydrogens (tertiary/aromatic N) is 1. The van der Waals surface area contributed by atoms with Crippen molar-refractivity contribution in [2.24, 2.45) is 0 Å². The van der Waals surface area contributed by atoms with E-state index < -0.39 is 11.1 Å². The molecule has 1 aliphatic carbocycles. The number of hydrazine groups is 1. The van der Waals surface area contributed by atoms with Gasteiger partial charge in [-0.15, -0.1) is 0 Å². The van der Waals surface area contributed by atoms with Crippen molar-refractivity contribution in [3.63, 3.8) is 0 Å². The van der Waals surface area contributed by atoms with Crippen LogP contribution in [-0.4, -0.2) is 16.6 Å². The summed E-state index contributed by atoms with van der Waals surface area (Å²) in [5.41, 5.74) is 1.31. The van der Waals surface area contributed by atoms with Gasteiger partial charge in [-0.1, -0.05) is 24.7 Å². The molecule has 6 heteroatoms. The van der Waals surface area contributed by atoms with Crippen LogP contribution < -0.4 is 10.7 Å². The van der Waals surface area contributed by atoms with Crippen LogP contribution >= 0.6 is 0 Å². The molecule has 0 aliphatic heterocycles. The van der Waals surface area contributed by atoms with Crippen molar-refractivity contribution in [2.75, 3.05) is 0 Å². The van der Waals surface area contributed by atoms with Gasteiger partial charge < -0.3 is 5.32 Å². The summed E-state index contributed by atoms with van der Waals surface area (Å²) < 4.78 is 0. The van der Waals surface area contributed by atoms with Crippen molar-refractivity contribution >= 4 is 6.03 Å². The minimum absolute atomic E-state index is 0.279. The van der Waals surface area contributed by atoms with Crippen LogP contribution in [0.15, 0.2) is 0 Å². The van der Waals surface area contributed by atoms with E-state index in [-0.39, 0.29) is 5.54 Å². The molecular formula is C8H15N3O3. The lowest BCUT2D eigenvalue weighted by atomic mass is 9.83. The molecule has 1 saturated carbocycles. The Morgan fingerprint density at radius 3 is 2.43 bits per heavy atom. The molecular weight excluding hydrogens is 186 g/mol. The molecule has 0 radical (unpaired) electrons. The van der Waals surface area contributed by atoms with Gasteiger partial charge in [0.15, 0.2) is 5.03 Å². The van der Waals surface area contributed by atoms with Gasteiger partial charge in [0.05, 0.1) is 0 Å². The highest BCUT2D eigenvalue weighted by molar-refractivity contribution is 5.73. The first kappa shape index (κ1) is 10.7. The van der Waals surface area contributed by atoms with E-state index in [2.05, 4.69) is 5.32 Å². The van der Waals surface area contributed by atoms with Gasteiger partial charge >= 0.3 is 6.03 Å². The van der Waals surface area contributed by atoms with Crippen LogP contribution in [-0.2, 0) is 0 Å². The van der Waals surface area contributed by atoms with Crippen molar-refractivity contribution in [1.29, 1.82) is 0 Å². The molecule has 1 rings (SSSR count). The third kappa shape index (κ3) is 3.20. The second-order valence-electron chi connectivity index (χ2n) is 3.94. The van der Waals surface area contributed by atoms with Gasteiger partial charge in [-0.2, -0.15) is 0 Å². The maximum Gasteiger partial charge on any atom is 0.373 e. The number of rotatable bonds is 2. The molecule has 1 fully saturated rings. The fraction of sp³-hybridized carbons (Fsp3) is 0.875. The molecule has 0 spiro atoms. The Morgan fingerprint density at radius 1 is 1.36 bits per heavy atom. The first-order chi connectivity index (χ1) is 6.52. The lowest BCUT2D eigenvalue weighted by Crippen LogP contribution is -2.52. The summed E-state index contributed by atoms with van der Waals surface area (Å²) in [7, 11) is 0. The van der Waals surface area contributed by atoms with E-state index in [0.717, 1.165) is 25.7 Å². The summed E-state index contributed by atoms with van der Waals surface area (Å²) in [4.78, 5) is 21.1. The molecule has 0 aromatic rings. The molecule has 2 amide bonds. The third-order valence-electron chi connectivity index (χ3n) is 2.57. The monoisotopic (exact) mass is 201 g/mol. The number of hydrogen-bond donors (Lipinski definition) is 2. The summed E-state index contributed by atoms with van der Waals surface area (Å²) in [6.45, 7) is 1.92. The van der Waals surface area contributed by atoms with E-state index in [1.165, 1.54) is 6.42 Å². The van der Waals surface area contributed by atoms with Crippen molar-refractivity contribution in [3.05, 3.63) is 10.1 Å². The average molecular weight is 201 g/mol. The molecule has 1 aliphatic rings. The molecule has 0 saturated heterocycles. The van der Waals surface area contributed by atoms with Crippen LogP contribution in [0.1, 0.15) is 39.0 Å². The van der Waals surface area contributed by atoms with Crippen LogP contribution in [0.25, 0.3) is 0 Å². The largest absolute Gasteiger partial charge is 0.373 e. The molecule has 0 aromatic carbocycles. The van der Waals surface area contributed by atoms with Gasteiger partial charge in [-0.05, 0) is 19.8 Å². The second kappa shape index (κ2) is 4.26. The van der Waals surface area contributed by atoms with E-state index in [1.807, 2.05) is 6.92 Å². The van der Waals surface area contributed by atoms with Gasteiger partial charge in [0.25, 0.3) is 0 Å². The fourth-order valence-corrected chi connectivity index (χ4v) is 1.84. The standard InChI is InChI=1S/C8H15N3O3/c1-8(5-3-2-4-6-8)9-7(12)10-11(13)14/h2-6H2,1H3,(H2,9,10,12). The van der Waals surface area contributed by atoms with Gasteiger partial charge in [0.1, 0.15) is 0 Å². The van der Waals surface area contributed by atoms with E-state index >= 15 is 0 Å². The first-order valence-corrected chi connectivity index (χ1v) is 4.75. The third-order valence-corrected chi connectivity index (χ3v) is 2.57. The summed E-state index contributed by atoms with van der Waals surface area (Å²) >= 11 is 0. The smallest absolute Gasteiger partial charge is 0.329 e. The minimum Gasteiger partial charge on any atom is -0.329 e. The van der Waals surface area contributed by atoms with Crippen LogP contribution in [0.4, 0.5) is 4.79 Å². The van der Waals surface area contributed by atoms with Gasteiger partial charge in [-0.3, -0.25) is 0 Å². The molecule has 0 heterocycles. The van der Waals surface area contributed by atoms with Crippen molar-refractivity contribution in [2.45, 2.75) is 44.6 Å². The molecule has 14 heavy (non-hydrogen) atoms. The van der Waals surface area contributed by atoms with Crippen molar-refractivity contribution in [1.82, 2.24) is 10.7 Å². The average Bonchev–Trinajstić information content (AvgIpc) is 2.02. The van der Waals surface area contributed by atoms with Crippen molar-refractivity contribution < 1.29 is 9.83 Å². The second-order valence-corrected chi connectivity index (χ2v) is 3.94. The summed E-state index contributed by atoms with van der Waals surface area (Å²) in [6, 6.07) is -0.723. The van der Waals surface area contributed by atoms with Gasteiger partial charge in [0, 0.05) is 5.54 Å². The van der Waals surface area contributed by atoms with Crippen LogP contribution in [0.2, 0.25) is 0 Å². The Kier molecular flexibility index (Phi) is 3.27. The number of nitro groups is 1. The summed E-state index contributed by atoms with van der Waals surface area (Å²) in [6.07, 6.45) is 5.08. The lowest BCUT2D eigenvalue weighted by molar-refractivity contribution is -0.527. The number of carbonyl (C=O) groups excluding carboxylic acids is 1. The number of nitrogens with one attached hydrogen (secondary N) is 2. The minimum atomic E-state index is -0.846. The maximum atomic E-state index is 11.1. The number of urea groups is 1. The molecule has 6 nitrogen and oxygen atoms in total. The fourth-order valence-electron chi connectivity index (χ4n) is 1.84. The van der Waals surface area contributed by atoms with Gasteiger partial charge in [-0.25, -0.2) is 14.9 Å². The zero-order valence-electron chi connectivity index (χ0n) is 8.21. The Balaban J connectivity index is 2.41.